The second kappa shape index (κ2) is 6.78. The van der Waals surface area contributed by atoms with Crippen LogP contribution in [0.3, 0.4) is 0 Å². The van der Waals surface area contributed by atoms with E-state index in [0.717, 1.165) is 11.0 Å². The molecule has 2 heterocycles. The molecule has 0 radical (unpaired) electrons. The van der Waals surface area contributed by atoms with Crippen LogP contribution in [-0.4, -0.2) is 28.5 Å². The Hall–Kier alpha value is -2.44. The molecule has 1 aliphatic carbocycles. The van der Waals surface area contributed by atoms with Crippen LogP contribution in [0.5, 0.6) is 0 Å². The van der Waals surface area contributed by atoms with E-state index >= 15 is 0 Å². The predicted octanol–water partition coefficient (Wildman–Crippen LogP) is 4.94. The molecule has 1 saturated heterocycles. The molecule has 3 aromatic rings. The normalized spacial score (nSPS) is 25.5. The molecule has 2 fully saturated rings. The number of hydrogen-bond acceptors (Lipinski definition) is 5. The molecule has 31 heavy (non-hydrogen) atoms. The van der Waals surface area contributed by atoms with Gasteiger partial charge in [0.05, 0.1) is 17.1 Å². The van der Waals surface area contributed by atoms with Gasteiger partial charge in [-0.2, -0.15) is 4.98 Å². The summed E-state index contributed by atoms with van der Waals surface area (Å²) in [4.78, 5) is 4.71. The van der Waals surface area contributed by atoms with Crippen LogP contribution in [0.2, 0.25) is 0 Å². The summed E-state index contributed by atoms with van der Waals surface area (Å²) < 4.78 is 18.1. The highest BCUT2D eigenvalue weighted by molar-refractivity contribution is 6.62. The molecular weight excluding hydrogens is 387 g/mol. The van der Waals surface area contributed by atoms with Crippen LogP contribution in [0.1, 0.15) is 64.8 Å². The monoisotopic (exact) mass is 416 g/mol. The summed E-state index contributed by atoms with van der Waals surface area (Å²) in [5.74, 6) is 1.90. The molecule has 5 nitrogen and oxygen atoms in total. The molecule has 0 amide bonds. The summed E-state index contributed by atoms with van der Waals surface area (Å²) in [5.41, 5.74) is 2.67. The van der Waals surface area contributed by atoms with Crippen LogP contribution < -0.4 is 5.46 Å². The summed E-state index contributed by atoms with van der Waals surface area (Å²) in [6.45, 7) is 12.8. The van der Waals surface area contributed by atoms with Gasteiger partial charge in [0.15, 0.2) is 0 Å². The van der Waals surface area contributed by atoms with Gasteiger partial charge in [0.1, 0.15) is 0 Å². The van der Waals surface area contributed by atoms with E-state index in [2.05, 4.69) is 71.0 Å². The molecule has 0 bridgehead atoms. The van der Waals surface area contributed by atoms with Crippen molar-refractivity contribution in [3.8, 4) is 11.4 Å². The summed E-state index contributed by atoms with van der Waals surface area (Å²) in [5, 5.41) is 4.22. The van der Waals surface area contributed by atoms with Crippen molar-refractivity contribution in [2.45, 2.75) is 64.6 Å². The zero-order valence-electron chi connectivity index (χ0n) is 19.0. The fraction of sp³-hybridized carbons (Fsp3) is 0.440. The third-order valence-electron chi connectivity index (χ3n) is 7.39. The summed E-state index contributed by atoms with van der Waals surface area (Å²) >= 11 is 0. The Morgan fingerprint density at radius 1 is 0.774 bits per heavy atom. The van der Waals surface area contributed by atoms with Crippen molar-refractivity contribution >= 4 is 12.6 Å². The number of hydrogen-bond donors (Lipinski definition) is 0. The van der Waals surface area contributed by atoms with E-state index in [9.17, 15) is 0 Å². The quantitative estimate of drug-likeness (QED) is 0.564. The molecule has 0 spiro atoms. The van der Waals surface area contributed by atoms with Gasteiger partial charge in [0, 0.05) is 11.5 Å². The molecule has 1 aromatic heterocycles. The van der Waals surface area contributed by atoms with Crippen LogP contribution in [0, 0.1) is 5.41 Å². The van der Waals surface area contributed by atoms with Gasteiger partial charge in [-0.15, -0.1) is 0 Å². The number of nitrogens with zero attached hydrogens (tertiary/aromatic N) is 2. The minimum absolute atomic E-state index is 0.0619. The molecule has 1 saturated carbocycles. The Bertz CT molecular complexity index is 1070. The largest absolute Gasteiger partial charge is 0.494 e. The van der Waals surface area contributed by atoms with Crippen molar-refractivity contribution in [1.29, 1.82) is 0 Å². The number of aromatic nitrogens is 2. The fourth-order valence-corrected chi connectivity index (χ4v) is 4.63. The zero-order chi connectivity index (χ0) is 22.0. The van der Waals surface area contributed by atoms with Gasteiger partial charge in [-0.05, 0) is 44.1 Å². The van der Waals surface area contributed by atoms with Crippen LogP contribution in [0.15, 0.2) is 59.1 Å². The van der Waals surface area contributed by atoms with E-state index in [1.165, 1.54) is 5.56 Å². The highest BCUT2D eigenvalue weighted by atomic mass is 16.7. The van der Waals surface area contributed by atoms with Crippen LogP contribution >= 0.6 is 0 Å². The average molecular weight is 416 g/mol. The maximum atomic E-state index is 6.19. The van der Waals surface area contributed by atoms with Gasteiger partial charge >= 0.3 is 7.12 Å². The standard InChI is InChI=1S/C25H29BN2O3/c1-23(2)19(20(23)22-27-21(28-29-22)17-10-8-7-9-11-17)16-12-14-18(15-13-16)26-30-24(3,4)25(5,6)31-26/h7-15,19-20H,1-6H3/t19-,20+/m0/s1. The molecule has 6 heteroatoms. The first-order chi connectivity index (χ1) is 14.6. The molecule has 0 N–H and O–H groups in total. The maximum absolute atomic E-state index is 6.19. The molecule has 2 atom stereocenters. The van der Waals surface area contributed by atoms with Crippen molar-refractivity contribution in [1.82, 2.24) is 10.1 Å². The lowest BCUT2D eigenvalue weighted by Gasteiger charge is -2.32. The van der Waals surface area contributed by atoms with E-state index in [4.69, 9.17) is 18.8 Å². The van der Waals surface area contributed by atoms with E-state index in [1.54, 1.807) is 0 Å². The minimum Gasteiger partial charge on any atom is -0.399 e. The lowest BCUT2D eigenvalue weighted by Crippen LogP contribution is -2.41. The fourth-order valence-electron chi connectivity index (χ4n) is 4.63. The van der Waals surface area contributed by atoms with Crippen molar-refractivity contribution in [3.05, 3.63) is 66.1 Å². The number of rotatable bonds is 4. The molecule has 2 aliphatic rings. The van der Waals surface area contributed by atoms with E-state index < -0.39 is 0 Å². The van der Waals surface area contributed by atoms with Gasteiger partial charge in [-0.25, -0.2) is 0 Å². The highest BCUT2D eigenvalue weighted by Crippen LogP contribution is 2.69. The van der Waals surface area contributed by atoms with Gasteiger partial charge in [0.2, 0.25) is 11.7 Å². The SMILES string of the molecule is CC1(C)[C@@H](c2ccc(B3OC(C)(C)C(C)(C)O3)cc2)[C@@H]1c1nc(-c2ccccc2)no1. The molecular formula is C25H29BN2O3. The van der Waals surface area contributed by atoms with Crippen molar-refractivity contribution < 1.29 is 13.8 Å². The summed E-state index contributed by atoms with van der Waals surface area (Å²) in [7, 11) is -0.341. The average Bonchev–Trinajstić information content (AvgIpc) is 3.02. The Labute approximate surface area is 184 Å². The molecule has 160 valence electrons. The van der Waals surface area contributed by atoms with Crippen molar-refractivity contribution in [2.24, 2.45) is 5.41 Å². The Morgan fingerprint density at radius 3 is 2.00 bits per heavy atom. The molecule has 1 aliphatic heterocycles. The lowest BCUT2D eigenvalue weighted by molar-refractivity contribution is 0.00578. The van der Waals surface area contributed by atoms with E-state index in [-0.39, 0.29) is 29.7 Å². The number of benzene rings is 2. The Balaban J connectivity index is 1.35. The highest BCUT2D eigenvalue weighted by Gasteiger charge is 2.62. The van der Waals surface area contributed by atoms with Crippen molar-refractivity contribution in [2.75, 3.05) is 0 Å². The molecule has 5 rings (SSSR count). The lowest BCUT2D eigenvalue weighted by atomic mass is 9.78. The first kappa shape index (κ1) is 20.5. The zero-order valence-corrected chi connectivity index (χ0v) is 19.0. The van der Waals surface area contributed by atoms with Gasteiger partial charge < -0.3 is 13.8 Å². The maximum Gasteiger partial charge on any atom is 0.494 e. The third kappa shape index (κ3) is 3.33. The Kier molecular flexibility index (Phi) is 4.48. The predicted molar refractivity (Wildman–Crippen MR) is 121 cm³/mol. The van der Waals surface area contributed by atoms with Crippen LogP contribution in [-0.2, 0) is 9.31 Å². The van der Waals surface area contributed by atoms with Gasteiger partial charge in [-0.3, -0.25) is 0 Å². The summed E-state index contributed by atoms with van der Waals surface area (Å²) in [6.07, 6.45) is 0. The van der Waals surface area contributed by atoms with Crippen LogP contribution in [0.25, 0.3) is 11.4 Å². The van der Waals surface area contributed by atoms with Gasteiger partial charge in [0.25, 0.3) is 0 Å². The van der Waals surface area contributed by atoms with E-state index in [1.807, 2.05) is 30.3 Å². The first-order valence-corrected chi connectivity index (χ1v) is 10.9. The smallest absolute Gasteiger partial charge is 0.399 e. The van der Waals surface area contributed by atoms with Crippen LogP contribution in [0.4, 0.5) is 0 Å². The van der Waals surface area contributed by atoms with E-state index in [0.29, 0.717) is 17.6 Å². The topological polar surface area (TPSA) is 57.4 Å². The van der Waals surface area contributed by atoms with Crippen molar-refractivity contribution in [3.63, 3.8) is 0 Å². The first-order valence-electron chi connectivity index (χ1n) is 10.9. The Morgan fingerprint density at radius 2 is 1.39 bits per heavy atom. The second-order valence-corrected chi connectivity index (χ2v) is 10.4. The molecule has 2 aromatic carbocycles. The molecule has 0 unspecified atom stereocenters. The van der Waals surface area contributed by atoms with Gasteiger partial charge in [-0.1, -0.05) is 73.6 Å². The third-order valence-corrected chi connectivity index (χ3v) is 7.39. The summed E-state index contributed by atoms with van der Waals surface area (Å²) in [6, 6.07) is 18.5. The second-order valence-electron chi connectivity index (χ2n) is 10.4. The minimum atomic E-state index is -0.341.